The Bertz CT molecular complexity index is 817. The van der Waals surface area contributed by atoms with E-state index in [0.29, 0.717) is 0 Å². The van der Waals surface area contributed by atoms with E-state index in [1.165, 1.54) is 16.8 Å². The van der Waals surface area contributed by atoms with Crippen LogP contribution in [0.15, 0.2) is 43.0 Å². The highest BCUT2D eigenvalue weighted by atomic mass is 32.1. The summed E-state index contributed by atoms with van der Waals surface area (Å²) < 4.78 is 1.71. The second kappa shape index (κ2) is 6.57. The Labute approximate surface area is 145 Å². The van der Waals surface area contributed by atoms with Crippen molar-refractivity contribution >= 4 is 17.2 Å². The van der Waals surface area contributed by atoms with Crippen molar-refractivity contribution in [3.8, 4) is 5.69 Å². The molecule has 2 heterocycles. The highest BCUT2D eigenvalue weighted by molar-refractivity contribution is 7.14. The zero-order valence-electron chi connectivity index (χ0n) is 14.2. The number of amides is 1. The first-order valence-electron chi connectivity index (χ1n) is 7.76. The van der Waals surface area contributed by atoms with Crippen LogP contribution in [-0.4, -0.2) is 32.6 Å². The molecule has 124 valence electrons. The predicted octanol–water partition coefficient (Wildman–Crippen LogP) is 3.78. The fourth-order valence-corrected chi connectivity index (χ4v) is 3.52. The first-order valence-corrected chi connectivity index (χ1v) is 8.58. The molecule has 3 aromatic rings. The van der Waals surface area contributed by atoms with Crippen molar-refractivity contribution in [1.29, 1.82) is 0 Å². The van der Waals surface area contributed by atoms with Crippen LogP contribution >= 0.6 is 11.3 Å². The van der Waals surface area contributed by atoms with Gasteiger partial charge in [0.25, 0.3) is 5.91 Å². The van der Waals surface area contributed by atoms with Crippen molar-refractivity contribution in [2.75, 3.05) is 7.05 Å². The summed E-state index contributed by atoms with van der Waals surface area (Å²) in [5.74, 6) is 0.0593. The number of benzene rings is 1. The molecule has 0 saturated heterocycles. The number of aromatic nitrogens is 3. The summed E-state index contributed by atoms with van der Waals surface area (Å²) in [7, 11) is 1.85. The summed E-state index contributed by atoms with van der Waals surface area (Å²) in [6.45, 7) is 6.12. The molecule has 0 unspecified atom stereocenters. The molecule has 0 bridgehead atoms. The topological polar surface area (TPSA) is 51.0 Å². The maximum atomic E-state index is 12.7. The van der Waals surface area contributed by atoms with Gasteiger partial charge in [0.2, 0.25) is 0 Å². The van der Waals surface area contributed by atoms with Crippen LogP contribution in [0.5, 0.6) is 0 Å². The van der Waals surface area contributed by atoms with E-state index in [2.05, 4.69) is 10.1 Å². The van der Waals surface area contributed by atoms with Crippen LogP contribution in [0.25, 0.3) is 5.69 Å². The van der Waals surface area contributed by atoms with Crippen LogP contribution in [0.3, 0.4) is 0 Å². The van der Waals surface area contributed by atoms with E-state index in [1.807, 2.05) is 58.2 Å². The SMILES string of the molecule is Cc1cc(C(=O)N(C)[C@H](C)c2ccc(-n3cncn3)cc2)sc1C. The maximum absolute atomic E-state index is 12.7. The van der Waals surface area contributed by atoms with E-state index in [-0.39, 0.29) is 11.9 Å². The van der Waals surface area contributed by atoms with E-state index in [4.69, 9.17) is 0 Å². The summed E-state index contributed by atoms with van der Waals surface area (Å²) in [5.41, 5.74) is 3.20. The van der Waals surface area contributed by atoms with Gasteiger partial charge in [-0.15, -0.1) is 11.3 Å². The van der Waals surface area contributed by atoms with Crippen molar-refractivity contribution in [1.82, 2.24) is 19.7 Å². The van der Waals surface area contributed by atoms with Gasteiger partial charge >= 0.3 is 0 Å². The van der Waals surface area contributed by atoms with Crippen molar-refractivity contribution in [3.05, 3.63) is 63.9 Å². The monoisotopic (exact) mass is 340 g/mol. The smallest absolute Gasteiger partial charge is 0.264 e. The van der Waals surface area contributed by atoms with Gasteiger partial charge in [-0.05, 0) is 50.1 Å². The van der Waals surface area contributed by atoms with Gasteiger partial charge in [-0.25, -0.2) is 9.67 Å². The zero-order chi connectivity index (χ0) is 17.3. The molecule has 5 nitrogen and oxygen atoms in total. The molecule has 0 fully saturated rings. The zero-order valence-corrected chi connectivity index (χ0v) is 15.0. The van der Waals surface area contributed by atoms with Crippen LogP contribution in [0.1, 0.15) is 38.6 Å². The highest BCUT2D eigenvalue weighted by Gasteiger charge is 2.21. The number of hydrogen-bond donors (Lipinski definition) is 0. The Morgan fingerprint density at radius 1 is 1.25 bits per heavy atom. The van der Waals surface area contributed by atoms with E-state index < -0.39 is 0 Å². The lowest BCUT2D eigenvalue weighted by atomic mass is 10.1. The molecule has 6 heteroatoms. The molecule has 24 heavy (non-hydrogen) atoms. The van der Waals surface area contributed by atoms with Crippen LogP contribution in [0, 0.1) is 13.8 Å². The number of carbonyl (C=O) groups is 1. The highest BCUT2D eigenvalue weighted by Crippen LogP contribution is 2.26. The van der Waals surface area contributed by atoms with E-state index in [1.54, 1.807) is 27.2 Å². The Balaban J connectivity index is 1.77. The quantitative estimate of drug-likeness (QED) is 0.726. The molecule has 2 aromatic heterocycles. The van der Waals surface area contributed by atoms with Gasteiger partial charge in [-0.3, -0.25) is 4.79 Å². The first kappa shape index (κ1) is 16.4. The molecule has 1 atom stereocenters. The third kappa shape index (κ3) is 3.10. The number of nitrogens with zero attached hydrogens (tertiary/aromatic N) is 4. The molecule has 0 saturated carbocycles. The molecule has 0 aliphatic carbocycles. The lowest BCUT2D eigenvalue weighted by Crippen LogP contribution is -2.29. The maximum Gasteiger partial charge on any atom is 0.264 e. The lowest BCUT2D eigenvalue weighted by Gasteiger charge is -2.25. The fourth-order valence-electron chi connectivity index (χ4n) is 2.50. The molecule has 1 amide bonds. The Morgan fingerprint density at radius 3 is 2.50 bits per heavy atom. The van der Waals surface area contributed by atoms with E-state index in [0.717, 1.165) is 16.1 Å². The number of carbonyl (C=O) groups excluding carboxylic acids is 1. The molecular weight excluding hydrogens is 320 g/mol. The number of rotatable bonds is 4. The lowest BCUT2D eigenvalue weighted by molar-refractivity contribution is 0.0747. The standard InChI is InChI=1S/C18H20N4OS/c1-12-9-17(24-14(12)3)18(23)21(4)13(2)15-5-7-16(8-6-15)22-11-19-10-20-22/h5-11,13H,1-4H3/t13-/m1/s1. The molecule has 3 rings (SSSR count). The van der Waals surface area contributed by atoms with Gasteiger partial charge in [0, 0.05) is 11.9 Å². The van der Waals surface area contributed by atoms with Gasteiger partial charge in [0.15, 0.2) is 0 Å². The van der Waals surface area contributed by atoms with Crippen LogP contribution < -0.4 is 0 Å². The average molecular weight is 340 g/mol. The summed E-state index contributed by atoms with van der Waals surface area (Å²) in [4.78, 5) is 20.4. The van der Waals surface area contributed by atoms with Gasteiger partial charge in [0.05, 0.1) is 16.6 Å². The van der Waals surface area contributed by atoms with Gasteiger partial charge in [-0.2, -0.15) is 5.10 Å². The van der Waals surface area contributed by atoms with Crippen LogP contribution in [0.4, 0.5) is 0 Å². The fraction of sp³-hybridized carbons (Fsp3) is 0.278. The molecule has 0 spiro atoms. The third-order valence-corrected chi connectivity index (χ3v) is 5.48. The van der Waals surface area contributed by atoms with Crippen molar-refractivity contribution in [2.45, 2.75) is 26.8 Å². The minimum atomic E-state index is -0.00925. The minimum Gasteiger partial charge on any atom is -0.334 e. The predicted molar refractivity (Wildman–Crippen MR) is 95.7 cm³/mol. The van der Waals surface area contributed by atoms with E-state index >= 15 is 0 Å². The largest absolute Gasteiger partial charge is 0.334 e. The second-order valence-corrected chi connectivity index (χ2v) is 7.13. The third-order valence-electron chi connectivity index (χ3n) is 4.34. The Morgan fingerprint density at radius 2 is 1.96 bits per heavy atom. The number of thiophene rings is 1. The minimum absolute atomic E-state index is 0.00925. The number of hydrogen-bond acceptors (Lipinski definition) is 4. The van der Waals surface area contributed by atoms with Gasteiger partial charge in [0.1, 0.15) is 12.7 Å². The van der Waals surface area contributed by atoms with Gasteiger partial charge < -0.3 is 4.90 Å². The molecule has 0 aliphatic rings. The summed E-state index contributed by atoms with van der Waals surface area (Å²) in [6.07, 6.45) is 3.17. The average Bonchev–Trinajstić information content (AvgIpc) is 3.24. The van der Waals surface area contributed by atoms with E-state index in [9.17, 15) is 4.79 Å². The molecule has 1 aromatic carbocycles. The normalized spacial score (nSPS) is 12.2. The molecule has 0 radical (unpaired) electrons. The number of aryl methyl sites for hydroxylation is 2. The van der Waals surface area contributed by atoms with Crippen molar-refractivity contribution in [2.24, 2.45) is 0 Å². The van der Waals surface area contributed by atoms with Crippen molar-refractivity contribution in [3.63, 3.8) is 0 Å². The van der Waals surface area contributed by atoms with Gasteiger partial charge in [-0.1, -0.05) is 12.1 Å². The molecule has 0 aliphatic heterocycles. The first-order chi connectivity index (χ1) is 11.5. The second-order valence-electron chi connectivity index (χ2n) is 5.87. The summed E-state index contributed by atoms with van der Waals surface area (Å²) >= 11 is 1.55. The van der Waals surface area contributed by atoms with Crippen LogP contribution in [0.2, 0.25) is 0 Å². The molecule has 0 N–H and O–H groups in total. The summed E-state index contributed by atoms with van der Waals surface area (Å²) in [5, 5.41) is 4.12. The Kier molecular flexibility index (Phi) is 4.49. The Hall–Kier alpha value is -2.47. The van der Waals surface area contributed by atoms with Crippen molar-refractivity contribution < 1.29 is 4.79 Å². The summed E-state index contributed by atoms with van der Waals surface area (Å²) in [6, 6.07) is 9.98. The van der Waals surface area contributed by atoms with Crippen LogP contribution in [-0.2, 0) is 0 Å². The molecular formula is C18H20N4OS.